The number of amidine groups is 1. The number of nitrogen functional groups attached to an aromatic ring is 1. The highest BCUT2D eigenvalue weighted by Gasteiger charge is 2.05. The molecule has 106 valence electrons. The number of hydrogen-bond acceptors (Lipinski definition) is 3. The van der Waals surface area contributed by atoms with Crippen LogP contribution in [0, 0.1) is 11.2 Å². The Morgan fingerprint density at radius 1 is 1.14 bits per heavy atom. The number of nitrogens with one attached hydrogen (secondary N) is 1. The van der Waals surface area contributed by atoms with Crippen LogP contribution in [0.3, 0.4) is 0 Å². The molecule has 3 aromatic rings. The maximum Gasteiger partial charge on any atom is 0.133 e. The van der Waals surface area contributed by atoms with Gasteiger partial charge in [-0.25, -0.2) is 4.39 Å². The van der Waals surface area contributed by atoms with E-state index in [-0.39, 0.29) is 11.7 Å². The second-order valence-electron chi connectivity index (χ2n) is 4.64. The molecule has 3 rings (SSSR count). The van der Waals surface area contributed by atoms with Gasteiger partial charge in [0, 0.05) is 4.70 Å². The summed E-state index contributed by atoms with van der Waals surface area (Å²) in [6, 6.07) is 13.9. The lowest BCUT2D eigenvalue weighted by Gasteiger charge is -2.06. The lowest BCUT2D eigenvalue weighted by molar-refractivity contribution is 0.306. The Morgan fingerprint density at radius 3 is 2.62 bits per heavy atom. The molecule has 0 aliphatic carbocycles. The molecule has 21 heavy (non-hydrogen) atoms. The van der Waals surface area contributed by atoms with Crippen molar-refractivity contribution in [1.29, 1.82) is 5.41 Å². The number of halogens is 1. The number of rotatable bonds is 4. The van der Waals surface area contributed by atoms with Gasteiger partial charge < -0.3 is 10.5 Å². The molecule has 1 aromatic heterocycles. The number of fused-ring (bicyclic) bond motifs is 1. The topological polar surface area (TPSA) is 59.1 Å². The van der Waals surface area contributed by atoms with Gasteiger partial charge in [0.15, 0.2) is 0 Å². The van der Waals surface area contributed by atoms with Gasteiger partial charge in [0.25, 0.3) is 0 Å². The summed E-state index contributed by atoms with van der Waals surface area (Å²) in [5.41, 5.74) is 6.40. The second kappa shape index (κ2) is 5.54. The first-order valence-electron chi connectivity index (χ1n) is 6.37. The van der Waals surface area contributed by atoms with E-state index in [1.165, 1.54) is 23.5 Å². The first-order valence-corrected chi connectivity index (χ1v) is 7.19. The molecule has 2 aromatic carbocycles. The van der Waals surface area contributed by atoms with Crippen molar-refractivity contribution in [1.82, 2.24) is 0 Å². The standard InChI is InChI=1S/C16H13FN2OS/c17-12-4-1-10(2-5-12)9-20-13-6-3-11-7-15(16(18)19)21-14(11)8-13/h1-8H,9H2,(H3,18,19). The molecule has 0 atom stereocenters. The summed E-state index contributed by atoms with van der Waals surface area (Å²) in [6.45, 7) is 0.386. The van der Waals surface area contributed by atoms with Gasteiger partial charge in [-0.15, -0.1) is 11.3 Å². The first kappa shape index (κ1) is 13.6. The van der Waals surface area contributed by atoms with E-state index in [4.69, 9.17) is 15.9 Å². The van der Waals surface area contributed by atoms with Gasteiger partial charge in [0.1, 0.15) is 24.0 Å². The van der Waals surface area contributed by atoms with Gasteiger partial charge in [0.2, 0.25) is 0 Å². The van der Waals surface area contributed by atoms with Crippen LogP contribution in [0.15, 0.2) is 48.5 Å². The molecule has 0 fully saturated rings. The first-order chi connectivity index (χ1) is 10.1. The Labute approximate surface area is 125 Å². The normalized spacial score (nSPS) is 10.7. The summed E-state index contributed by atoms with van der Waals surface area (Å²) in [5.74, 6) is 0.560. The third-order valence-electron chi connectivity index (χ3n) is 3.08. The van der Waals surface area contributed by atoms with Crippen LogP contribution >= 0.6 is 11.3 Å². The highest BCUT2D eigenvalue weighted by molar-refractivity contribution is 7.20. The summed E-state index contributed by atoms with van der Waals surface area (Å²) in [5, 5.41) is 8.50. The van der Waals surface area contributed by atoms with Crippen molar-refractivity contribution in [2.45, 2.75) is 6.61 Å². The van der Waals surface area contributed by atoms with Crippen molar-refractivity contribution in [2.75, 3.05) is 0 Å². The molecule has 1 heterocycles. The van der Waals surface area contributed by atoms with Crippen LogP contribution in [-0.2, 0) is 6.61 Å². The Morgan fingerprint density at radius 2 is 1.90 bits per heavy atom. The van der Waals surface area contributed by atoms with Gasteiger partial charge in [-0.2, -0.15) is 0 Å². The Balaban J connectivity index is 1.77. The summed E-state index contributed by atoms with van der Waals surface area (Å²) in [4.78, 5) is 0.751. The van der Waals surface area contributed by atoms with E-state index in [9.17, 15) is 4.39 Å². The second-order valence-corrected chi connectivity index (χ2v) is 5.72. The zero-order valence-corrected chi connectivity index (χ0v) is 11.9. The number of ether oxygens (including phenoxy) is 1. The molecule has 0 amide bonds. The fraction of sp³-hybridized carbons (Fsp3) is 0.0625. The largest absolute Gasteiger partial charge is 0.489 e. The van der Waals surface area contributed by atoms with E-state index in [2.05, 4.69) is 0 Å². The van der Waals surface area contributed by atoms with Crippen LogP contribution in [-0.4, -0.2) is 5.84 Å². The zero-order valence-electron chi connectivity index (χ0n) is 11.1. The van der Waals surface area contributed by atoms with Crippen molar-refractivity contribution >= 4 is 27.3 Å². The van der Waals surface area contributed by atoms with Crippen LogP contribution in [0.25, 0.3) is 10.1 Å². The molecule has 3 nitrogen and oxygen atoms in total. The number of thiophene rings is 1. The lowest BCUT2D eigenvalue weighted by Crippen LogP contribution is -2.08. The van der Waals surface area contributed by atoms with Crippen LogP contribution in [0.1, 0.15) is 10.4 Å². The minimum Gasteiger partial charge on any atom is -0.489 e. The van der Waals surface area contributed by atoms with Gasteiger partial charge in [-0.05, 0) is 47.3 Å². The SMILES string of the molecule is N=C(N)c1cc2ccc(OCc3ccc(F)cc3)cc2s1. The summed E-state index contributed by atoms with van der Waals surface area (Å²) in [6.07, 6.45) is 0. The highest BCUT2D eigenvalue weighted by Crippen LogP contribution is 2.29. The molecule has 0 aliphatic rings. The fourth-order valence-corrected chi connectivity index (χ4v) is 2.93. The van der Waals surface area contributed by atoms with Gasteiger partial charge in [-0.3, -0.25) is 5.41 Å². The van der Waals surface area contributed by atoms with Crippen LogP contribution in [0.5, 0.6) is 5.75 Å². The van der Waals surface area contributed by atoms with E-state index < -0.39 is 0 Å². The van der Waals surface area contributed by atoms with Gasteiger partial charge >= 0.3 is 0 Å². The molecule has 0 saturated heterocycles. The monoisotopic (exact) mass is 300 g/mol. The number of benzene rings is 2. The van der Waals surface area contributed by atoms with Crippen molar-refractivity contribution in [3.05, 3.63) is 64.8 Å². The van der Waals surface area contributed by atoms with E-state index in [0.717, 1.165) is 26.3 Å². The average molecular weight is 300 g/mol. The third-order valence-corrected chi connectivity index (χ3v) is 4.21. The average Bonchev–Trinajstić information content (AvgIpc) is 2.90. The molecule has 0 bridgehead atoms. The predicted molar refractivity (Wildman–Crippen MR) is 83.6 cm³/mol. The molecule has 0 saturated carbocycles. The van der Waals surface area contributed by atoms with E-state index in [0.29, 0.717) is 6.61 Å². The van der Waals surface area contributed by atoms with Crippen molar-refractivity contribution in [2.24, 2.45) is 5.73 Å². The Hall–Kier alpha value is -2.40. The summed E-state index contributed by atoms with van der Waals surface area (Å²) < 4.78 is 19.6. The predicted octanol–water partition coefficient (Wildman–Crippen LogP) is 3.90. The summed E-state index contributed by atoms with van der Waals surface area (Å²) in [7, 11) is 0. The maximum absolute atomic E-state index is 12.8. The Bertz CT molecular complexity index is 796. The van der Waals surface area contributed by atoms with E-state index in [1.807, 2.05) is 24.3 Å². The highest BCUT2D eigenvalue weighted by atomic mass is 32.1. The van der Waals surface area contributed by atoms with Gasteiger partial charge in [0.05, 0.1) is 4.88 Å². The van der Waals surface area contributed by atoms with E-state index >= 15 is 0 Å². The van der Waals surface area contributed by atoms with Crippen molar-refractivity contribution in [3.8, 4) is 5.75 Å². The Kier molecular flexibility index (Phi) is 3.58. The fourth-order valence-electron chi connectivity index (χ4n) is 1.98. The summed E-state index contributed by atoms with van der Waals surface area (Å²) >= 11 is 1.46. The molecule has 5 heteroatoms. The quantitative estimate of drug-likeness (QED) is 0.567. The maximum atomic E-state index is 12.8. The number of hydrogen-bond donors (Lipinski definition) is 2. The smallest absolute Gasteiger partial charge is 0.133 e. The van der Waals surface area contributed by atoms with Gasteiger partial charge in [-0.1, -0.05) is 12.1 Å². The number of nitrogens with two attached hydrogens (primary N) is 1. The molecule has 3 N–H and O–H groups in total. The minimum absolute atomic E-state index is 0.0741. The van der Waals surface area contributed by atoms with E-state index in [1.54, 1.807) is 12.1 Å². The molecular weight excluding hydrogens is 287 g/mol. The third kappa shape index (κ3) is 3.03. The van der Waals surface area contributed by atoms with Crippen LogP contribution in [0.2, 0.25) is 0 Å². The molecule has 0 aliphatic heterocycles. The van der Waals surface area contributed by atoms with Crippen LogP contribution < -0.4 is 10.5 Å². The van der Waals surface area contributed by atoms with Crippen molar-refractivity contribution < 1.29 is 9.13 Å². The van der Waals surface area contributed by atoms with Crippen LogP contribution in [0.4, 0.5) is 4.39 Å². The molecule has 0 unspecified atom stereocenters. The molecule has 0 spiro atoms. The zero-order chi connectivity index (χ0) is 14.8. The lowest BCUT2D eigenvalue weighted by atomic mass is 10.2. The minimum atomic E-state index is -0.254. The molecule has 0 radical (unpaired) electrons. The van der Waals surface area contributed by atoms with Crippen molar-refractivity contribution in [3.63, 3.8) is 0 Å². The molecular formula is C16H13FN2OS.